The minimum atomic E-state index is -0.727. The van der Waals surface area contributed by atoms with E-state index in [1.54, 1.807) is 11.8 Å². The third kappa shape index (κ3) is 9.86. The molecule has 0 aliphatic heterocycles. The van der Waals surface area contributed by atoms with E-state index in [0.717, 1.165) is 0 Å². The maximum absolute atomic E-state index is 12.2. The second-order valence-corrected chi connectivity index (χ2v) is 6.18. The van der Waals surface area contributed by atoms with Crippen LogP contribution >= 0.6 is 24.2 Å². The zero-order valence-corrected chi connectivity index (χ0v) is 14.9. The van der Waals surface area contributed by atoms with Gasteiger partial charge in [-0.2, -0.15) is 11.8 Å². The lowest BCUT2D eigenvalue weighted by atomic mass is 10.0. The van der Waals surface area contributed by atoms with Gasteiger partial charge in [0.15, 0.2) is 0 Å². The molecule has 9 heteroatoms. The van der Waals surface area contributed by atoms with Gasteiger partial charge in [-0.15, -0.1) is 12.4 Å². The Kier molecular flexibility index (Phi) is 13.3. The summed E-state index contributed by atoms with van der Waals surface area (Å²) in [5, 5.41) is 5.17. The Bertz CT molecular complexity index is 369. The van der Waals surface area contributed by atoms with Crippen molar-refractivity contribution in [1.82, 2.24) is 10.6 Å². The summed E-state index contributed by atoms with van der Waals surface area (Å²) < 4.78 is 0. The van der Waals surface area contributed by atoms with Crippen molar-refractivity contribution in [3.8, 4) is 0 Å². The molecule has 0 unspecified atom stereocenters. The van der Waals surface area contributed by atoms with Crippen LogP contribution in [-0.4, -0.2) is 48.4 Å². The number of hydrogen-bond donors (Lipinski definition) is 4. The Hall–Kier alpha value is -0.990. The number of hydrogen-bond acceptors (Lipinski definition) is 5. The molecule has 0 spiro atoms. The van der Waals surface area contributed by atoms with E-state index in [9.17, 15) is 14.4 Å². The van der Waals surface area contributed by atoms with E-state index >= 15 is 0 Å². The Morgan fingerprint density at radius 2 is 1.73 bits per heavy atom. The van der Waals surface area contributed by atoms with Gasteiger partial charge in [0.25, 0.3) is 0 Å². The highest BCUT2D eigenvalue weighted by Crippen LogP contribution is 2.07. The number of amides is 3. The molecule has 7 nitrogen and oxygen atoms in total. The lowest BCUT2D eigenvalue weighted by molar-refractivity contribution is -0.131. The lowest BCUT2D eigenvalue weighted by Crippen LogP contribution is -2.54. The zero-order valence-electron chi connectivity index (χ0n) is 13.3. The quantitative estimate of drug-likeness (QED) is 0.425. The second-order valence-electron chi connectivity index (χ2n) is 5.20. The van der Waals surface area contributed by atoms with Crippen molar-refractivity contribution in [1.29, 1.82) is 0 Å². The van der Waals surface area contributed by atoms with Crippen LogP contribution < -0.4 is 22.1 Å². The average molecular weight is 355 g/mol. The SMILES string of the molecule is CSCC[C@H](NC(=O)[C@H](CC(C)C)NC(=O)CN)C(N)=O.Cl. The summed E-state index contributed by atoms with van der Waals surface area (Å²) >= 11 is 1.56. The minimum absolute atomic E-state index is 0. The summed E-state index contributed by atoms with van der Waals surface area (Å²) in [4.78, 5) is 35.0. The monoisotopic (exact) mass is 354 g/mol. The van der Waals surface area contributed by atoms with Crippen LogP contribution in [0.25, 0.3) is 0 Å². The fourth-order valence-corrected chi connectivity index (χ4v) is 2.22. The fourth-order valence-electron chi connectivity index (χ4n) is 1.75. The predicted octanol–water partition coefficient (Wildman–Crippen LogP) is -0.379. The van der Waals surface area contributed by atoms with Crippen molar-refractivity contribution in [2.45, 2.75) is 38.8 Å². The average Bonchev–Trinajstić information content (AvgIpc) is 2.41. The van der Waals surface area contributed by atoms with Gasteiger partial charge < -0.3 is 22.1 Å². The number of thioether (sulfide) groups is 1. The minimum Gasteiger partial charge on any atom is -0.368 e. The molecule has 0 aliphatic rings. The molecule has 0 radical (unpaired) electrons. The van der Waals surface area contributed by atoms with Crippen molar-refractivity contribution in [2.24, 2.45) is 17.4 Å². The molecular formula is C13H27ClN4O3S. The van der Waals surface area contributed by atoms with Gasteiger partial charge in [-0.3, -0.25) is 14.4 Å². The highest BCUT2D eigenvalue weighted by atomic mass is 35.5. The molecule has 0 aliphatic carbocycles. The molecule has 22 heavy (non-hydrogen) atoms. The van der Waals surface area contributed by atoms with Gasteiger partial charge in [0.1, 0.15) is 12.1 Å². The number of primary amides is 1. The first-order chi connectivity index (χ1) is 9.81. The molecule has 3 amide bonds. The standard InChI is InChI=1S/C13H26N4O3S.ClH/c1-8(2)6-10(16-11(18)7-14)13(20)17-9(12(15)19)4-5-21-3;/h8-10H,4-7,14H2,1-3H3,(H2,15,19)(H,16,18)(H,17,20);1H/t9-,10-;/m0./s1. The van der Waals surface area contributed by atoms with Crippen LogP contribution in [-0.2, 0) is 14.4 Å². The molecule has 130 valence electrons. The molecule has 0 fully saturated rings. The normalized spacial score (nSPS) is 13.0. The summed E-state index contributed by atoms with van der Waals surface area (Å²) in [5.74, 6) is -0.480. The predicted molar refractivity (Wildman–Crippen MR) is 91.8 cm³/mol. The molecule has 0 heterocycles. The maximum Gasteiger partial charge on any atom is 0.243 e. The van der Waals surface area contributed by atoms with Crippen molar-refractivity contribution in [3.05, 3.63) is 0 Å². The van der Waals surface area contributed by atoms with Gasteiger partial charge in [0.2, 0.25) is 17.7 Å². The third-order valence-electron chi connectivity index (χ3n) is 2.81. The number of carbonyl (C=O) groups excluding carboxylic acids is 3. The van der Waals surface area contributed by atoms with Crippen molar-refractivity contribution in [3.63, 3.8) is 0 Å². The first kappa shape index (κ1) is 23.3. The summed E-state index contributed by atoms with van der Waals surface area (Å²) in [5.41, 5.74) is 10.5. The van der Waals surface area contributed by atoms with Gasteiger partial charge in [-0.1, -0.05) is 13.8 Å². The van der Waals surface area contributed by atoms with Crippen LogP contribution in [0.2, 0.25) is 0 Å². The van der Waals surface area contributed by atoms with E-state index in [1.165, 1.54) is 0 Å². The number of halogens is 1. The first-order valence-electron chi connectivity index (χ1n) is 6.89. The zero-order chi connectivity index (χ0) is 16.4. The number of carbonyl (C=O) groups is 3. The summed E-state index contributed by atoms with van der Waals surface area (Å²) in [6.45, 7) is 3.69. The van der Waals surface area contributed by atoms with Crippen molar-refractivity contribution >= 4 is 41.9 Å². The lowest BCUT2D eigenvalue weighted by Gasteiger charge is -2.22. The molecule has 0 bridgehead atoms. The Labute approximate surface area is 142 Å². The first-order valence-corrected chi connectivity index (χ1v) is 8.29. The number of nitrogens with one attached hydrogen (secondary N) is 2. The summed E-state index contributed by atoms with van der Waals surface area (Å²) in [7, 11) is 0. The maximum atomic E-state index is 12.2. The van der Waals surface area contributed by atoms with Crippen LogP contribution in [0.15, 0.2) is 0 Å². The topological polar surface area (TPSA) is 127 Å². The van der Waals surface area contributed by atoms with Gasteiger partial charge >= 0.3 is 0 Å². The molecule has 0 saturated carbocycles. The Morgan fingerprint density at radius 1 is 1.14 bits per heavy atom. The smallest absolute Gasteiger partial charge is 0.243 e. The molecular weight excluding hydrogens is 328 g/mol. The van der Waals surface area contributed by atoms with E-state index in [2.05, 4.69) is 10.6 Å². The highest BCUT2D eigenvalue weighted by molar-refractivity contribution is 7.98. The van der Waals surface area contributed by atoms with E-state index in [-0.39, 0.29) is 24.9 Å². The summed E-state index contributed by atoms with van der Waals surface area (Å²) in [6, 6.07) is -1.44. The second kappa shape index (κ2) is 12.5. The van der Waals surface area contributed by atoms with Crippen LogP contribution in [0, 0.1) is 5.92 Å². The van der Waals surface area contributed by atoms with Crippen LogP contribution in [0.5, 0.6) is 0 Å². The largest absolute Gasteiger partial charge is 0.368 e. The molecule has 0 aromatic rings. The molecule has 0 rings (SSSR count). The van der Waals surface area contributed by atoms with Gasteiger partial charge in [0, 0.05) is 0 Å². The van der Waals surface area contributed by atoms with Gasteiger partial charge in [-0.05, 0) is 30.8 Å². The van der Waals surface area contributed by atoms with Crippen LogP contribution in [0.3, 0.4) is 0 Å². The van der Waals surface area contributed by atoms with E-state index < -0.39 is 29.8 Å². The molecule has 0 saturated heterocycles. The van der Waals surface area contributed by atoms with E-state index in [1.807, 2.05) is 20.1 Å². The molecule has 6 N–H and O–H groups in total. The fraction of sp³-hybridized carbons (Fsp3) is 0.769. The van der Waals surface area contributed by atoms with E-state index in [0.29, 0.717) is 18.6 Å². The van der Waals surface area contributed by atoms with Gasteiger partial charge in [-0.25, -0.2) is 0 Å². The van der Waals surface area contributed by atoms with Crippen molar-refractivity contribution in [2.75, 3.05) is 18.6 Å². The number of rotatable bonds is 10. The van der Waals surface area contributed by atoms with Crippen LogP contribution in [0.4, 0.5) is 0 Å². The van der Waals surface area contributed by atoms with Crippen molar-refractivity contribution < 1.29 is 14.4 Å². The molecule has 0 aromatic heterocycles. The molecule has 0 aromatic carbocycles. The highest BCUT2D eigenvalue weighted by Gasteiger charge is 2.25. The van der Waals surface area contributed by atoms with Gasteiger partial charge in [0.05, 0.1) is 6.54 Å². The van der Waals surface area contributed by atoms with E-state index in [4.69, 9.17) is 11.5 Å². The Balaban J connectivity index is 0. The number of nitrogens with two attached hydrogens (primary N) is 2. The Morgan fingerprint density at radius 3 is 2.14 bits per heavy atom. The third-order valence-corrected chi connectivity index (χ3v) is 3.46. The van der Waals surface area contributed by atoms with Crippen LogP contribution in [0.1, 0.15) is 26.7 Å². The molecule has 2 atom stereocenters. The summed E-state index contributed by atoms with van der Waals surface area (Å²) in [6.07, 6.45) is 2.83.